The third-order valence-electron chi connectivity index (χ3n) is 3.70. The molecule has 120 valence electrons. The summed E-state index contributed by atoms with van der Waals surface area (Å²) in [5.41, 5.74) is 3.04. The number of hydrogen-bond donors (Lipinski definition) is 0. The molecule has 1 heterocycles. The summed E-state index contributed by atoms with van der Waals surface area (Å²) in [4.78, 5) is 5.42. The maximum absolute atomic E-state index is 6.19. The zero-order valence-electron chi connectivity index (χ0n) is 12.8. The highest BCUT2D eigenvalue weighted by Gasteiger charge is 2.20. The van der Waals surface area contributed by atoms with Crippen LogP contribution in [-0.4, -0.2) is 11.8 Å². The van der Waals surface area contributed by atoms with Gasteiger partial charge < -0.3 is 9.57 Å². The summed E-state index contributed by atoms with van der Waals surface area (Å²) < 4.78 is 5.96. The average molecular weight is 350 g/mol. The van der Waals surface area contributed by atoms with Gasteiger partial charge >= 0.3 is 0 Å². The Morgan fingerprint density at radius 2 is 2.00 bits per heavy atom. The molecule has 2 aromatic rings. The van der Waals surface area contributed by atoms with Gasteiger partial charge in [0, 0.05) is 28.5 Å². The van der Waals surface area contributed by atoms with Crippen LogP contribution in [0.2, 0.25) is 10.0 Å². The Morgan fingerprint density at radius 1 is 1.17 bits per heavy atom. The maximum Gasteiger partial charge on any atom is 0.137 e. The second kappa shape index (κ2) is 7.24. The maximum atomic E-state index is 6.19. The minimum absolute atomic E-state index is 0.0823. The van der Waals surface area contributed by atoms with Gasteiger partial charge in [-0.1, -0.05) is 52.6 Å². The summed E-state index contributed by atoms with van der Waals surface area (Å²) in [6.07, 6.45) is 1.71. The molecule has 0 radical (unpaired) electrons. The van der Waals surface area contributed by atoms with Gasteiger partial charge in [0.15, 0.2) is 0 Å². The summed E-state index contributed by atoms with van der Waals surface area (Å²) in [5, 5.41) is 5.23. The molecule has 0 aromatic heterocycles. The number of nitrogens with zero attached hydrogens (tertiary/aromatic N) is 1. The van der Waals surface area contributed by atoms with E-state index in [4.69, 9.17) is 32.8 Å². The molecule has 0 amide bonds. The fourth-order valence-electron chi connectivity index (χ4n) is 2.53. The lowest BCUT2D eigenvalue weighted by Crippen LogP contribution is -2.11. The van der Waals surface area contributed by atoms with Crippen molar-refractivity contribution in [2.24, 2.45) is 5.16 Å². The summed E-state index contributed by atoms with van der Waals surface area (Å²) in [6, 6.07) is 13.4. The molecule has 1 atom stereocenters. The topological polar surface area (TPSA) is 30.8 Å². The Labute approximate surface area is 145 Å². The summed E-state index contributed by atoms with van der Waals surface area (Å²) in [7, 11) is 0. The van der Waals surface area contributed by atoms with Crippen LogP contribution in [0.3, 0.4) is 0 Å². The van der Waals surface area contributed by atoms with Crippen LogP contribution in [-0.2, 0) is 17.9 Å². The molecule has 0 N–H and O–H groups in total. The minimum Gasteiger partial charge on any atom is -0.489 e. The van der Waals surface area contributed by atoms with E-state index in [9.17, 15) is 0 Å². The van der Waals surface area contributed by atoms with E-state index >= 15 is 0 Å². The number of benzene rings is 2. The van der Waals surface area contributed by atoms with E-state index in [1.54, 1.807) is 6.07 Å². The smallest absolute Gasteiger partial charge is 0.137 e. The highest BCUT2D eigenvalue weighted by molar-refractivity contribution is 6.35. The molecule has 23 heavy (non-hydrogen) atoms. The fraction of sp³-hybridized carbons (Fsp3) is 0.278. The molecular formula is C18H17Cl2NO2. The Bertz CT molecular complexity index is 731. The van der Waals surface area contributed by atoms with Crippen LogP contribution in [0.1, 0.15) is 24.5 Å². The van der Waals surface area contributed by atoms with Crippen molar-refractivity contribution in [1.82, 2.24) is 0 Å². The van der Waals surface area contributed by atoms with Gasteiger partial charge in [0.05, 0.1) is 5.71 Å². The molecule has 1 aliphatic rings. The zero-order chi connectivity index (χ0) is 16.2. The lowest BCUT2D eigenvalue weighted by Gasteiger charge is -2.14. The van der Waals surface area contributed by atoms with Crippen molar-refractivity contribution >= 4 is 28.9 Å². The van der Waals surface area contributed by atoms with E-state index in [1.165, 1.54) is 0 Å². The van der Waals surface area contributed by atoms with Crippen molar-refractivity contribution < 1.29 is 9.57 Å². The Morgan fingerprint density at radius 3 is 2.74 bits per heavy atom. The van der Waals surface area contributed by atoms with Crippen molar-refractivity contribution in [3.05, 3.63) is 63.6 Å². The summed E-state index contributed by atoms with van der Waals surface area (Å²) in [5.74, 6) is 0.840. The van der Waals surface area contributed by atoms with E-state index in [1.807, 2.05) is 37.3 Å². The van der Waals surface area contributed by atoms with Gasteiger partial charge in [-0.05, 0) is 30.7 Å². The molecule has 0 saturated carbocycles. The zero-order valence-corrected chi connectivity index (χ0v) is 14.3. The largest absolute Gasteiger partial charge is 0.489 e. The van der Waals surface area contributed by atoms with Crippen LogP contribution >= 0.6 is 23.2 Å². The molecule has 3 rings (SSSR count). The van der Waals surface area contributed by atoms with Gasteiger partial charge in [0.1, 0.15) is 18.5 Å². The number of para-hydroxylation sites is 1. The average Bonchev–Trinajstić information content (AvgIpc) is 2.93. The van der Waals surface area contributed by atoms with Crippen molar-refractivity contribution in [3.8, 4) is 5.75 Å². The second-order valence-electron chi connectivity index (χ2n) is 5.59. The molecular weight excluding hydrogens is 333 g/mol. The summed E-state index contributed by atoms with van der Waals surface area (Å²) in [6.45, 7) is 2.37. The normalized spacial score (nSPS) is 16.8. The van der Waals surface area contributed by atoms with Crippen molar-refractivity contribution in [2.45, 2.75) is 32.5 Å². The van der Waals surface area contributed by atoms with E-state index in [2.05, 4.69) is 11.2 Å². The van der Waals surface area contributed by atoms with Gasteiger partial charge in [0.25, 0.3) is 0 Å². The first-order valence-corrected chi connectivity index (χ1v) is 8.21. The van der Waals surface area contributed by atoms with Gasteiger partial charge in [-0.3, -0.25) is 0 Å². The molecule has 0 aliphatic carbocycles. The van der Waals surface area contributed by atoms with Gasteiger partial charge in [-0.2, -0.15) is 0 Å². The quantitative estimate of drug-likeness (QED) is 0.735. The third kappa shape index (κ3) is 4.18. The number of halogens is 2. The van der Waals surface area contributed by atoms with Gasteiger partial charge in [-0.15, -0.1) is 0 Å². The molecule has 1 unspecified atom stereocenters. The Balaban J connectivity index is 1.68. The predicted octanol–water partition coefficient (Wildman–Crippen LogP) is 5.28. The van der Waals surface area contributed by atoms with Crippen molar-refractivity contribution in [2.75, 3.05) is 0 Å². The molecule has 0 fully saturated rings. The fourth-order valence-corrected chi connectivity index (χ4v) is 2.99. The van der Waals surface area contributed by atoms with E-state index < -0.39 is 0 Å². The molecule has 5 heteroatoms. The van der Waals surface area contributed by atoms with Crippen LogP contribution in [0, 0.1) is 0 Å². The van der Waals surface area contributed by atoms with E-state index in [-0.39, 0.29) is 6.10 Å². The van der Waals surface area contributed by atoms with Crippen molar-refractivity contribution in [1.29, 1.82) is 0 Å². The lowest BCUT2D eigenvalue weighted by molar-refractivity contribution is 0.0852. The molecule has 0 spiro atoms. The highest BCUT2D eigenvalue weighted by atomic mass is 35.5. The lowest BCUT2D eigenvalue weighted by atomic mass is 10.0. The van der Waals surface area contributed by atoms with Crippen molar-refractivity contribution in [3.63, 3.8) is 0 Å². The van der Waals surface area contributed by atoms with Crippen LogP contribution in [0.4, 0.5) is 0 Å². The monoisotopic (exact) mass is 349 g/mol. The van der Waals surface area contributed by atoms with Crippen LogP contribution < -0.4 is 4.74 Å². The van der Waals surface area contributed by atoms with Gasteiger partial charge in [0.2, 0.25) is 0 Å². The standard InChI is InChI=1S/C18H17Cl2NO2/c1-12-8-16(23-21-12)9-13-4-2-3-5-18(13)22-11-14-6-7-15(19)10-17(14)20/h2-7,10,16H,8-9,11H2,1H3. The highest BCUT2D eigenvalue weighted by Crippen LogP contribution is 2.26. The number of ether oxygens (including phenoxy) is 1. The first-order valence-electron chi connectivity index (χ1n) is 7.46. The Kier molecular flexibility index (Phi) is 5.09. The first-order chi connectivity index (χ1) is 11.1. The van der Waals surface area contributed by atoms with Gasteiger partial charge in [-0.25, -0.2) is 0 Å². The number of oxime groups is 1. The molecule has 2 aromatic carbocycles. The molecule has 0 bridgehead atoms. The van der Waals surface area contributed by atoms with Crippen LogP contribution in [0.15, 0.2) is 47.6 Å². The molecule has 0 saturated heterocycles. The Hall–Kier alpha value is -1.71. The number of rotatable bonds is 5. The van der Waals surface area contributed by atoms with Crippen LogP contribution in [0.5, 0.6) is 5.75 Å². The minimum atomic E-state index is 0.0823. The summed E-state index contributed by atoms with van der Waals surface area (Å²) >= 11 is 12.1. The number of hydrogen-bond acceptors (Lipinski definition) is 3. The van der Waals surface area contributed by atoms with E-state index in [0.717, 1.165) is 35.4 Å². The predicted molar refractivity (Wildman–Crippen MR) is 93.5 cm³/mol. The SMILES string of the molecule is CC1=NOC(Cc2ccccc2OCc2ccc(Cl)cc2Cl)C1. The molecule has 1 aliphatic heterocycles. The van der Waals surface area contributed by atoms with E-state index in [0.29, 0.717) is 16.7 Å². The first kappa shape index (κ1) is 16.2. The molecule has 3 nitrogen and oxygen atoms in total. The van der Waals surface area contributed by atoms with Crippen LogP contribution in [0.25, 0.3) is 0 Å². The second-order valence-corrected chi connectivity index (χ2v) is 6.44. The third-order valence-corrected chi connectivity index (χ3v) is 4.29.